The topological polar surface area (TPSA) is 102 Å². The SMILES string of the molecule is CCOC(=O)C(Cc1ccccc1)N(C)S(=O)(=O)c1ccc(NN)cc1.Cl. The summed E-state index contributed by atoms with van der Waals surface area (Å²) in [4.78, 5) is 12.5. The number of anilines is 1. The van der Waals surface area contributed by atoms with Crippen LogP contribution in [0.1, 0.15) is 12.5 Å². The standard InChI is InChI=1S/C18H23N3O4S.ClH/c1-3-25-18(22)17(13-14-7-5-4-6-8-14)21(2)26(23,24)16-11-9-15(20-19)10-12-16;/h4-12,17,20H,3,13,19H2,1-2H3;1H. The Bertz CT molecular complexity index is 829. The first-order chi connectivity index (χ1) is 12.4. The Morgan fingerprint density at radius 3 is 2.26 bits per heavy atom. The number of carbonyl (C=O) groups excluding carboxylic acids is 1. The first-order valence-electron chi connectivity index (χ1n) is 8.15. The van der Waals surface area contributed by atoms with Gasteiger partial charge >= 0.3 is 5.97 Å². The number of nitrogens with one attached hydrogen (secondary N) is 1. The molecule has 0 heterocycles. The number of sulfonamides is 1. The Balaban J connectivity index is 0.00000364. The molecule has 1 unspecified atom stereocenters. The van der Waals surface area contributed by atoms with Gasteiger partial charge in [0.05, 0.1) is 11.5 Å². The summed E-state index contributed by atoms with van der Waals surface area (Å²) >= 11 is 0. The summed E-state index contributed by atoms with van der Waals surface area (Å²) in [5, 5.41) is 0. The highest BCUT2D eigenvalue weighted by Gasteiger charge is 2.34. The Kier molecular flexibility index (Phi) is 8.71. The highest BCUT2D eigenvalue weighted by atomic mass is 35.5. The number of halogens is 1. The van der Waals surface area contributed by atoms with Gasteiger partial charge in [-0.25, -0.2) is 8.42 Å². The van der Waals surface area contributed by atoms with Crippen LogP contribution in [0.5, 0.6) is 0 Å². The number of hydrogen-bond donors (Lipinski definition) is 2. The fourth-order valence-electron chi connectivity index (χ4n) is 2.49. The average molecular weight is 414 g/mol. The summed E-state index contributed by atoms with van der Waals surface area (Å²) < 4.78 is 32.0. The van der Waals surface area contributed by atoms with Crippen LogP contribution in [0.4, 0.5) is 5.69 Å². The molecule has 0 saturated carbocycles. The Morgan fingerprint density at radius 1 is 1.15 bits per heavy atom. The van der Waals surface area contributed by atoms with Crippen molar-refractivity contribution >= 4 is 34.1 Å². The van der Waals surface area contributed by atoms with Gasteiger partial charge in [0.2, 0.25) is 10.0 Å². The molecule has 2 aromatic rings. The van der Waals surface area contributed by atoms with Gasteiger partial charge in [-0.15, -0.1) is 12.4 Å². The number of hydrazine groups is 1. The monoisotopic (exact) mass is 413 g/mol. The van der Waals surface area contributed by atoms with E-state index < -0.39 is 22.0 Å². The maximum absolute atomic E-state index is 12.9. The molecule has 0 aromatic heterocycles. The van der Waals surface area contributed by atoms with Crippen LogP contribution < -0.4 is 11.3 Å². The Morgan fingerprint density at radius 2 is 1.74 bits per heavy atom. The van der Waals surface area contributed by atoms with E-state index in [9.17, 15) is 13.2 Å². The minimum absolute atomic E-state index is 0. The van der Waals surface area contributed by atoms with E-state index in [2.05, 4.69) is 5.43 Å². The fraction of sp³-hybridized carbons (Fsp3) is 0.278. The highest BCUT2D eigenvalue weighted by molar-refractivity contribution is 7.89. The zero-order valence-electron chi connectivity index (χ0n) is 15.2. The highest BCUT2D eigenvalue weighted by Crippen LogP contribution is 2.21. The molecule has 148 valence electrons. The van der Waals surface area contributed by atoms with Crippen LogP contribution in [-0.4, -0.2) is 38.4 Å². The maximum Gasteiger partial charge on any atom is 0.324 e. The van der Waals surface area contributed by atoms with Gasteiger partial charge in [0.25, 0.3) is 0 Å². The lowest BCUT2D eigenvalue weighted by Gasteiger charge is -2.26. The van der Waals surface area contributed by atoms with Crippen molar-refractivity contribution in [2.24, 2.45) is 5.84 Å². The molecule has 0 aliphatic heterocycles. The second-order valence-corrected chi connectivity index (χ2v) is 7.65. The second-order valence-electron chi connectivity index (χ2n) is 5.65. The van der Waals surface area contributed by atoms with Crippen LogP contribution >= 0.6 is 12.4 Å². The van der Waals surface area contributed by atoms with Crippen LogP contribution in [0, 0.1) is 0 Å². The lowest BCUT2D eigenvalue weighted by molar-refractivity contribution is -0.147. The van der Waals surface area contributed by atoms with Gasteiger partial charge in [-0.3, -0.25) is 10.6 Å². The number of nitrogen functional groups attached to an aromatic ring is 1. The van der Waals surface area contributed by atoms with Crippen LogP contribution in [0.15, 0.2) is 59.5 Å². The molecule has 0 aliphatic rings. The molecule has 2 aromatic carbocycles. The van der Waals surface area contributed by atoms with E-state index >= 15 is 0 Å². The molecule has 0 aliphatic carbocycles. The molecule has 27 heavy (non-hydrogen) atoms. The molecule has 0 amide bonds. The average Bonchev–Trinajstić information content (AvgIpc) is 2.66. The van der Waals surface area contributed by atoms with Crippen LogP contribution in [0.3, 0.4) is 0 Å². The molecule has 1 atom stereocenters. The Labute approximate surface area is 165 Å². The van der Waals surface area contributed by atoms with E-state index in [-0.39, 0.29) is 30.3 Å². The summed E-state index contributed by atoms with van der Waals surface area (Å²) in [6.45, 7) is 1.86. The van der Waals surface area contributed by atoms with Gasteiger partial charge in [0.15, 0.2) is 0 Å². The number of nitrogens with two attached hydrogens (primary N) is 1. The molecule has 3 N–H and O–H groups in total. The fourth-order valence-corrected chi connectivity index (χ4v) is 3.80. The normalized spacial score (nSPS) is 12.1. The zero-order chi connectivity index (χ0) is 19.2. The van der Waals surface area contributed by atoms with Crippen molar-refractivity contribution < 1.29 is 17.9 Å². The molecule has 0 spiro atoms. The van der Waals surface area contributed by atoms with E-state index in [1.807, 2.05) is 30.3 Å². The molecular formula is C18H24ClN3O4S. The van der Waals surface area contributed by atoms with Gasteiger partial charge in [-0.2, -0.15) is 4.31 Å². The Hall–Kier alpha value is -2.13. The van der Waals surface area contributed by atoms with Crippen LogP contribution in [-0.2, 0) is 26.0 Å². The minimum atomic E-state index is -3.88. The number of carbonyl (C=O) groups is 1. The lowest BCUT2D eigenvalue weighted by Crippen LogP contribution is -2.44. The lowest BCUT2D eigenvalue weighted by atomic mass is 10.1. The molecule has 0 radical (unpaired) electrons. The van der Waals surface area contributed by atoms with Gasteiger partial charge in [-0.05, 0) is 43.2 Å². The second kappa shape index (κ2) is 10.3. The number of hydrogen-bond acceptors (Lipinski definition) is 6. The van der Waals surface area contributed by atoms with Crippen molar-refractivity contribution in [3.63, 3.8) is 0 Å². The first-order valence-corrected chi connectivity index (χ1v) is 9.59. The smallest absolute Gasteiger partial charge is 0.324 e. The van der Waals surface area contributed by atoms with E-state index in [0.717, 1.165) is 9.87 Å². The zero-order valence-corrected chi connectivity index (χ0v) is 16.8. The third-order valence-corrected chi connectivity index (χ3v) is 5.85. The summed E-state index contributed by atoms with van der Waals surface area (Å²) in [7, 11) is -2.50. The van der Waals surface area contributed by atoms with Crippen molar-refractivity contribution in [3.8, 4) is 0 Å². The number of ether oxygens (including phenoxy) is 1. The van der Waals surface area contributed by atoms with Crippen molar-refractivity contribution in [3.05, 3.63) is 60.2 Å². The van der Waals surface area contributed by atoms with E-state index in [4.69, 9.17) is 10.6 Å². The van der Waals surface area contributed by atoms with Crippen molar-refractivity contribution in [1.82, 2.24) is 4.31 Å². The molecular weight excluding hydrogens is 390 g/mol. The summed E-state index contributed by atoms with van der Waals surface area (Å²) in [6.07, 6.45) is 0.220. The predicted octanol–water partition coefficient (Wildman–Crippen LogP) is 2.19. The van der Waals surface area contributed by atoms with Gasteiger partial charge < -0.3 is 10.2 Å². The van der Waals surface area contributed by atoms with Gasteiger partial charge in [0.1, 0.15) is 6.04 Å². The summed E-state index contributed by atoms with van der Waals surface area (Å²) in [5.41, 5.74) is 3.87. The van der Waals surface area contributed by atoms with Gasteiger partial charge in [0, 0.05) is 12.7 Å². The molecule has 0 fully saturated rings. The summed E-state index contributed by atoms with van der Waals surface area (Å²) in [6, 6.07) is 14.2. The number of likely N-dealkylation sites (N-methyl/N-ethyl adjacent to an activating group) is 1. The molecule has 0 bridgehead atoms. The van der Waals surface area contributed by atoms with E-state index in [1.165, 1.54) is 19.2 Å². The number of rotatable bonds is 8. The molecule has 2 rings (SSSR count). The third kappa shape index (κ3) is 5.67. The number of nitrogens with zero attached hydrogens (tertiary/aromatic N) is 1. The van der Waals surface area contributed by atoms with Crippen LogP contribution in [0.2, 0.25) is 0 Å². The van der Waals surface area contributed by atoms with Crippen molar-refractivity contribution in [2.45, 2.75) is 24.3 Å². The largest absolute Gasteiger partial charge is 0.465 e. The maximum atomic E-state index is 12.9. The first kappa shape index (κ1) is 22.9. The third-order valence-electron chi connectivity index (χ3n) is 3.97. The number of esters is 1. The van der Waals surface area contributed by atoms with Crippen molar-refractivity contribution in [1.29, 1.82) is 0 Å². The van der Waals surface area contributed by atoms with Crippen molar-refractivity contribution in [2.75, 3.05) is 19.1 Å². The van der Waals surface area contributed by atoms with Crippen LogP contribution in [0.25, 0.3) is 0 Å². The van der Waals surface area contributed by atoms with E-state index in [1.54, 1.807) is 19.1 Å². The van der Waals surface area contributed by atoms with Gasteiger partial charge in [-0.1, -0.05) is 30.3 Å². The molecule has 0 saturated heterocycles. The van der Waals surface area contributed by atoms with E-state index in [0.29, 0.717) is 5.69 Å². The molecule has 7 nitrogen and oxygen atoms in total. The minimum Gasteiger partial charge on any atom is -0.465 e. The molecule has 9 heteroatoms. The summed E-state index contributed by atoms with van der Waals surface area (Å²) in [5.74, 6) is 4.72. The number of benzene rings is 2. The quantitative estimate of drug-likeness (QED) is 0.390. The predicted molar refractivity (Wildman–Crippen MR) is 107 cm³/mol.